The second-order valence-corrected chi connectivity index (χ2v) is 5.08. The Balaban J connectivity index is 2.24. The summed E-state index contributed by atoms with van der Waals surface area (Å²) in [5.74, 6) is 5.53. The van der Waals surface area contributed by atoms with Crippen LogP contribution in [-0.2, 0) is 0 Å². The Hall–Kier alpha value is -2.06. The van der Waals surface area contributed by atoms with E-state index in [1.165, 1.54) is 11.3 Å². The number of aryl methyl sites for hydroxylation is 1. The number of thiophene rings is 1. The zero-order chi connectivity index (χ0) is 13.8. The number of carbonyl (C=O) groups is 1. The number of nitrogens with one attached hydrogen (secondary N) is 1. The molecule has 0 saturated carbocycles. The zero-order valence-corrected chi connectivity index (χ0v) is 11.7. The zero-order valence-electron chi connectivity index (χ0n) is 10.9. The fraction of sp³-hybridized carbons (Fsp3) is 0.286. The summed E-state index contributed by atoms with van der Waals surface area (Å²) in [5.41, 5.74) is 7.61. The molecule has 2 aromatic rings. The van der Waals surface area contributed by atoms with Gasteiger partial charge in [0.1, 0.15) is 9.71 Å². The SMILES string of the molecule is CC#CCCNC(=O)c1sc2nccc(C)c2c1N. The summed E-state index contributed by atoms with van der Waals surface area (Å²) in [5, 5.41) is 3.70. The monoisotopic (exact) mass is 273 g/mol. The van der Waals surface area contributed by atoms with E-state index in [4.69, 9.17) is 5.73 Å². The molecule has 5 heteroatoms. The first-order valence-electron chi connectivity index (χ1n) is 5.96. The summed E-state index contributed by atoms with van der Waals surface area (Å²) >= 11 is 1.33. The maximum atomic E-state index is 12.1. The molecule has 0 saturated heterocycles. The molecule has 2 heterocycles. The van der Waals surface area contributed by atoms with Gasteiger partial charge in [-0.05, 0) is 25.5 Å². The third kappa shape index (κ3) is 2.69. The Morgan fingerprint density at radius 2 is 2.37 bits per heavy atom. The van der Waals surface area contributed by atoms with E-state index in [0.717, 1.165) is 15.8 Å². The third-order valence-electron chi connectivity index (χ3n) is 2.76. The van der Waals surface area contributed by atoms with Crippen molar-refractivity contribution >= 4 is 33.1 Å². The van der Waals surface area contributed by atoms with Crippen LogP contribution < -0.4 is 11.1 Å². The Morgan fingerprint density at radius 1 is 1.58 bits per heavy atom. The number of hydrogen-bond acceptors (Lipinski definition) is 4. The molecule has 2 rings (SSSR count). The molecule has 3 N–H and O–H groups in total. The molecule has 0 aliphatic rings. The van der Waals surface area contributed by atoms with E-state index in [1.807, 2.05) is 13.0 Å². The van der Waals surface area contributed by atoms with Crippen LogP contribution in [0, 0.1) is 18.8 Å². The van der Waals surface area contributed by atoms with E-state index in [2.05, 4.69) is 22.1 Å². The fourth-order valence-corrected chi connectivity index (χ4v) is 2.87. The highest BCUT2D eigenvalue weighted by molar-refractivity contribution is 7.21. The number of carbonyl (C=O) groups excluding carboxylic acids is 1. The van der Waals surface area contributed by atoms with Crippen LogP contribution >= 0.6 is 11.3 Å². The highest BCUT2D eigenvalue weighted by atomic mass is 32.1. The van der Waals surface area contributed by atoms with Crippen LogP contribution in [0.15, 0.2) is 12.3 Å². The number of nitrogen functional groups attached to an aromatic ring is 1. The minimum absolute atomic E-state index is 0.155. The van der Waals surface area contributed by atoms with Crippen LogP contribution in [-0.4, -0.2) is 17.4 Å². The fourth-order valence-electron chi connectivity index (χ4n) is 1.82. The lowest BCUT2D eigenvalue weighted by molar-refractivity contribution is 0.0959. The predicted molar refractivity (Wildman–Crippen MR) is 79.2 cm³/mol. The van der Waals surface area contributed by atoms with Gasteiger partial charge in [0, 0.05) is 24.5 Å². The van der Waals surface area contributed by atoms with Crippen LogP contribution in [0.25, 0.3) is 10.2 Å². The second-order valence-electron chi connectivity index (χ2n) is 4.09. The number of fused-ring (bicyclic) bond motifs is 1. The van der Waals surface area contributed by atoms with Gasteiger partial charge >= 0.3 is 0 Å². The molecule has 1 amide bonds. The maximum Gasteiger partial charge on any atom is 0.263 e. The van der Waals surface area contributed by atoms with Crippen LogP contribution in [0.2, 0.25) is 0 Å². The maximum absolute atomic E-state index is 12.1. The first-order valence-corrected chi connectivity index (χ1v) is 6.78. The van der Waals surface area contributed by atoms with Gasteiger partial charge in [0.05, 0.1) is 5.69 Å². The van der Waals surface area contributed by atoms with E-state index in [0.29, 0.717) is 23.5 Å². The molecular weight excluding hydrogens is 258 g/mol. The lowest BCUT2D eigenvalue weighted by Crippen LogP contribution is -2.24. The van der Waals surface area contributed by atoms with Gasteiger partial charge in [0.25, 0.3) is 5.91 Å². The van der Waals surface area contributed by atoms with Crippen LogP contribution in [0.3, 0.4) is 0 Å². The molecule has 4 nitrogen and oxygen atoms in total. The lowest BCUT2D eigenvalue weighted by Gasteiger charge is -2.01. The smallest absolute Gasteiger partial charge is 0.263 e. The number of aromatic nitrogens is 1. The normalized spacial score (nSPS) is 10.0. The summed E-state index contributed by atoms with van der Waals surface area (Å²) in [6, 6.07) is 1.89. The van der Waals surface area contributed by atoms with Crippen molar-refractivity contribution in [2.24, 2.45) is 0 Å². The largest absolute Gasteiger partial charge is 0.397 e. The average Bonchev–Trinajstić information content (AvgIpc) is 2.73. The van der Waals surface area contributed by atoms with Gasteiger partial charge in [0.2, 0.25) is 0 Å². The molecule has 0 aliphatic heterocycles. The van der Waals surface area contributed by atoms with Crippen LogP contribution in [0.4, 0.5) is 5.69 Å². The van der Waals surface area contributed by atoms with Crippen molar-refractivity contribution in [1.29, 1.82) is 0 Å². The van der Waals surface area contributed by atoms with E-state index < -0.39 is 0 Å². The van der Waals surface area contributed by atoms with Gasteiger partial charge in [-0.1, -0.05) is 0 Å². The van der Waals surface area contributed by atoms with Gasteiger partial charge in [-0.25, -0.2) is 4.98 Å². The molecule has 98 valence electrons. The van der Waals surface area contributed by atoms with Crippen molar-refractivity contribution in [3.8, 4) is 11.8 Å². The first-order chi connectivity index (χ1) is 9.15. The Labute approximate surface area is 116 Å². The minimum atomic E-state index is -0.155. The molecule has 0 aliphatic carbocycles. The van der Waals surface area contributed by atoms with Gasteiger partial charge < -0.3 is 11.1 Å². The molecule has 0 unspecified atom stereocenters. The summed E-state index contributed by atoms with van der Waals surface area (Å²) in [4.78, 5) is 17.6. The molecule has 0 radical (unpaired) electrons. The molecule has 0 bridgehead atoms. The molecular formula is C14H15N3OS. The van der Waals surface area contributed by atoms with Crippen molar-refractivity contribution in [2.75, 3.05) is 12.3 Å². The standard InChI is InChI=1S/C14H15N3OS/c1-3-4-5-7-16-13(18)12-11(15)10-9(2)6-8-17-14(10)19-12/h6,8H,5,7,15H2,1-2H3,(H,16,18). The molecule has 0 atom stereocenters. The summed E-state index contributed by atoms with van der Waals surface area (Å²) in [6.07, 6.45) is 2.37. The van der Waals surface area contributed by atoms with Gasteiger partial charge in [-0.2, -0.15) is 0 Å². The molecule has 2 aromatic heterocycles. The van der Waals surface area contributed by atoms with Crippen molar-refractivity contribution in [3.63, 3.8) is 0 Å². The van der Waals surface area contributed by atoms with E-state index in [-0.39, 0.29) is 5.91 Å². The summed E-state index contributed by atoms with van der Waals surface area (Å²) in [6.45, 7) is 4.27. The quantitative estimate of drug-likeness (QED) is 0.666. The van der Waals surface area contributed by atoms with E-state index >= 15 is 0 Å². The molecule has 0 spiro atoms. The Morgan fingerprint density at radius 3 is 3.05 bits per heavy atom. The third-order valence-corrected chi connectivity index (χ3v) is 3.87. The topological polar surface area (TPSA) is 68.0 Å². The van der Waals surface area contributed by atoms with E-state index in [1.54, 1.807) is 13.1 Å². The van der Waals surface area contributed by atoms with Gasteiger partial charge in [-0.3, -0.25) is 4.79 Å². The Bertz CT molecular complexity index is 679. The van der Waals surface area contributed by atoms with Crippen molar-refractivity contribution in [3.05, 3.63) is 22.7 Å². The van der Waals surface area contributed by atoms with Crippen LogP contribution in [0.5, 0.6) is 0 Å². The predicted octanol–water partition coefficient (Wildman–Crippen LogP) is 2.33. The molecule has 19 heavy (non-hydrogen) atoms. The minimum Gasteiger partial charge on any atom is -0.397 e. The van der Waals surface area contributed by atoms with Crippen LogP contribution in [0.1, 0.15) is 28.6 Å². The number of nitrogens with two attached hydrogens (primary N) is 1. The number of amides is 1. The average molecular weight is 273 g/mol. The van der Waals surface area contributed by atoms with Crippen molar-refractivity contribution in [1.82, 2.24) is 10.3 Å². The molecule has 0 aromatic carbocycles. The van der Waals surface area contributed by atoms with Crippen molar-refractivity contribution < 1.29 is 4.79 Å². The summed E-state index contributed by atoms with van der Waals surface area (Å²) in [7, 11) is 0. The Kier molecular flexibility index (Phi) is 4.03. The van der Waals surface area contributed by atoms with Gasteiger partial charge in [0.15, 0.2) is 0 Å². The van der Waals surface area contributed by atoms with E-state index in [9.17, 15) is 4.79 Å². The number of rotatable bonds is 3. The highest BCUT2D eigenvalue weighted by Crippen LogP contribution is 2.34. The first kappa shape index (κ1) is 13.4. The van der Waals surface area contributed by atoms with Crippen molar-refractivity contribution in [2.45, 2.75) is 20.3 Å². The number of pyridine rings is 1. The number of anilines is 1. The highest BCUT2D eigenvalue weighted by Gasteiger charge is 2.17. The van der Waals surface area contributed by atoms with Gasteiger partial charge in [-0.15, -0.1) is 23.2 Å². The lowest BCUT2D eigenvalue weighted by atomic mass is 10.2. The summed E-state index contributed by atoms with van der Waals surface area (Å²) < 4.78 is 0. The molecule has 0 fully saturated rings. The number of hydrogen-bond donors (Lipinski definition) is 2. The second kappa shape index (κ2) is 5.72. The number of nitrogens with zero attached hydrogens (tertiary/aromatic N) is 1.